The third kappa shape index (κ3) is 67.6. The highest BCUT2D eigenvalue weighted by molar-refractivity contribution is 5.71. The molecule has 0 aromatic rings. The van der Waals surface area contributed by atoms with Crippen LogP contribution in [0.1, 0.15) is 374 Å². The van der Waals surface area contributed by atoms with Crippen molar-refractivity contribution in [2.24, 2.45) is 0 Å². The predicted octanol–water partition coefficient (Wildman–Crippen LogP) is 24.8. The summed E-state index contributed by atoms with van der Waals surface area (Å²) in [6.07, 6.45) is 92.5. The van der Waals surface area contributed by atoms with Crippen LogP contribution in [0.4, 0.5) is 0 Å². The molecular weight excluding hydrogens is 1010 g/mol. The molecule has 0 amide bonds. The number of unbranched alkanes of at least 4 members (excludes halogenated alkanes) is 43. The molecule has 476 valence electrons. The van der Waals surface area contributed by atoms with Crippen molar-refractivity contribution < 1.29 is 28.6 Å². The summed E-state index contributed by atoms with van der Waals surface area (Å²) in [5, 5.41) is 0. The largest absolute Gasteiger partial charge is 0.462 e. The summed E-state index contributed by atoms with van der Waals surface area (Å²) in [5.41, 5.74) is 0. The van der Waals surface area contributed by atoms with Gasteiger partial charge in [0.1, 0.15) is 13.2 Å². The van der Waals surface area contributed by atoms with Gasteiger partial charge >= 0.3 is 17.9 Å². The van der Waals surface area contributed by atoms with Gasteiger partial charge in [-0.1, -0.05) is 338 Å². The van der Waals surface area contributed by atoms with Crippen molar-refractivity contribution in [3.8, 4) is 0 Å². The van der Waals surface area contributed by atoms with Gasteiger partial charge in [-0.3, -0.25) is 14.4 Å². The van der Waals surface area contributed by atoms with Gasteiger partial charge in [0.25, 0.3) is 0 Å². The lowest BCUT2D eigenvalue weighted by Crippen LogP contribution is -2.30. The van der Waals surface area contributed by atoms with Crippen molar-refractivity contribution in [3.05, 3.63) is 72.9 Å². The SMILES string of the molecule is CC/C=C\C/C=C\C/C=C\C/C=C\CCCCC(=O)OC(COC(=O)CCCCCCCCCCCCCCCC)COC(=O)CCCCCCCCCCCCCCCCCCCCCCCCC/C=C\C/C=C\CCCCCCC. The van der Waals surface area contributed by atoms with Crippen LogP contribution in [0.3, 0.4) is 0 Å². The van der Waals surface area contributed by atoms with Crippen LogP contribution in [0.15, 0.2) is 72.9 Å². The van der Waals surface area contributed by atoms with E-state index in [4.69, 9.17) is 14.2 Å². The Morgan fingerprint density at radius 2 is 0.476 bits per heavy atom. The highest BCUT2D eigenvalue weighted by Crippen LogP contribution is 2.18. The highest BCUT2D eigenvalue weighted by atomic mass is 16.6. The van der Waals surface area contributed by atoms with Gasteiger partial charge in [0.05, 0.1) is 0 Å². The minimum Gasteiger partial charge on any atom is -0.462 e. The molecule has 0 aliphatic rings. The van der Waals surface area contributed by atoms with Crippen LogP contribution in [0.2, 0.25) is 0 Å². The van der Waals surface area contributed by atoms with Crippen LogP contribution in [-0.4, -0.2) is 37.2 Å². The topological polar surface area (TPSA) is 78.9 Å². The second-order valence-electron chi connectivity index (χ2n) is 24.1. The minimum absolute atomic E-state index is 0.0870. The summed E-state index contributed by atoms with van der Waals surface area (Å²) in [5.74, 6) is -0.908. The van der Waals surface area contributed by atoms with Crippen LogP contribution in [-0.2, 0) is 28.6 Å². The first-order chi connectivity index (χ1) is 40.5. The molecular formula is C76H136O6. The maximum absolute atomic E-state index is 12.9. The van der Waals surface area contributed by atoms with E-state index in [0.29, 0.717) is 19.3 Å². The van der Waals surface area contributed by atoms with Crippen LogP contribution < -0.4 is 0 Å². The second-order valence-corrected chi connectivity index (χ2v) is 24.1. The van der Waals surface area contributed by atoms with Gasteiger partial charge in [-0.2, -0.15) is 0 Å². The van der Waals surface area contributed by atoms with Crippen LogP contribution in [0.25, 0.3) is 0 Å². The van der Waals surface area contributed by atoms with E-state index in [-0.39, 0.29) is 37.5 Å². The zero-order valence-electron chi connectivity index (χ0n) is 54.8. The van der Waals surface area contributed by atoms with Crippen molar-refractivity contribution in [1.82, 2.24) is 0 Å². The number of carbonyl (C=O) groups excluding carboxylic acids is 3. The third-order valence-corrected chi connectivity index (χ3v) is 15.9. The van der Waals surface area contributed by atoms with Gasteiger partial charge in [0.15, 0.2) is 6.10 Å². The number of esters is 3. The Kier molecular flexibility index (Phi) is 67.6. The van der Waals surface area contributed by atoms with E-state index in [9.17, 15) is 14.4 Å². The van der Waals surface area contributed by atoms with Crippen molar-refractivity contribution in [2.75, 3.05) is 13.2 Å². The summed E-state index contributed by atoms with van der Waals surface area (Å²) in [6, 6.07) is 0. The van der Waals surface area contributed by atoms with E-state index in [1.165, 1.54) is 244 Å². The first-order valence-electron chi connectivity index (χ1n) is 35.9. The number of carbonyl (C=O) groups is 3. The molecule has 0 aromatic carbocycles. The molecule has 0 fully saturated rings. The smallest absolute Gasteiger partial charge is 0.306 e. The number of allylic oxidation sites excluding steroid dienone is 12. The molecule has 0 bridgehead atoms. The van der Waals surface area contributed by atoms with Crippen molar-refractivity contribution in [3.63, 3.8) is 0 Å². The van der Waals surface area contributed by atoms with Crippen molar-refractivity contribution in [1.29, 1.82) is 0 Å². The van der Waals surface area contributed by atoms with Crippen molar-refractivity contribution in [2.45, 2.75) is 380 Å². The Morgan fingerprint density at radius 1 is 0.256 bits per heavy atom. The van der Waals surface area contributed by atoms with Gasteiger partial charge in [0, 0.05) is 19.3 Å². The van der Waals surface area contributed by atoms with Gasteiger partial charge in [-0.05, 0) is 89.9 Å². The molecule has 0 N–H and O–H groups in total. The average Bonchev–Trinajstić information content (AvgIpc) is 3.47. The first-order valence-corrected chi connectivity index (χ1v) is 35.9. The maximum atomic E-state index is 12.9. The lowest BCUT2D eigenvalue weighted by Gasteiger charge is -2.18. The third-order valence-electron chi connectivity index (χ3n) is 15.9. The second kappa shape index (κ2) is 70.3. The Labute approximate surface area is 510 Å². The molecule has 0 radical (unpaired) electrons. The Bertz CT molecular complexity index is 1500. The molecule has 0 rings (SSSR count). The Balaban J connectivity index is 4.10. The van der Waals surface area contributed by atoms with E-state index < -0.39 is 6.10 Å². The van der Waals surface area contributed by atoms with Crippen molar-refractivity contribution >= 4 is 17.9 Å². The molecule has 1 atom stereocenters. The van der Waals surface area contributed by atoms with E-state index in [0.717, 1.165) is 83.5 Å². The maximum Gasteiger partial charge on any atom is 0.306 e. The number of hydrogen-bond acceptors (Lipinski definition) is 6. The highest BCUT2D eigenvalue weighted by Gasteiger charge is 2.19. The van der Waals surface area contributed by atoms with E-state index in [1.54, 1.807) is 0 Å². The molecule has 0 aliphatic carbocycles. The summed E-state index contributed by atoms with van der Waals surface area (Å²) in [4.78, 5) is 38.3. The molecule has 0 saturated heterocycles. The van der Waals surface area contributed by atoms with E-state index in [2.05, 4.69) is 93.7 Å². The lowest BCUT2D eigenvalue weighted by atomic mass is 10.0. The molecule has 6 nitrogen and oxygen atoms in total. The molecule has 0 spiro atoms. The predicted molar refractivity (Wildman–Crippen MR) is 358 cm³/mol. The van der Waals surface area contributed by atoms with Gasteiger partial charge in [-0.25, -0.2) is 0 Å². The van der Waals surface area contributed by atoms with Crippen LogP contribution in [0, 0.1) is 0 Å². The molecule has 0 aromatic heterocycles. The first kappa shape index (κ1) is 78.8. The fourth-order valence-electron chi connectivity index (χ4n) is 10.6. The van der Waals surface area contributed by atoms with Gasteiger partial charge < -0.3 is 14.2 Å². The quantitative estimate of drug-likeness (QED) is 0.0261. The van der Waals surface area contributed by atoms with E-state index in [1.807, 2.05) is 0 Å². The Hall–Kier alpha value is -3.15. The number of ether oxygens (including phenoxy) is 3. The van der Waals surface area contributed by atoms with Crippen LogP contribution >= 0.6 is 0 Å². The summed E-state index contributed by atoms with van der Waals surface area (Å²) < 4.78 is 16.9. The summed E-state index contributed by atoms with van der Waals surface area (Å²) in [7, 11) is 0. The molecule has 6 heteroatoms. The zero-order valence-corrected chi connectivity index (χ0v) is 54.8. The van der Waals surface area contributed by atoms with E-state index >= 15 is 0 Å². The monoisotopic (exact) mass is 1150 g/mol. The normalized spacial score (nSPS) is 12.5. The average molecular weight is 1150 g/mol. The minimum atomic E-state index is -0.795. The molecule has 1 unspecified atom stereocenters. The lowest BCUT2D eigenvalue weighted by molar-refractivity contribution is -0.167. The fraction of sp³-hybridized carbons (Fsp3) is 0.803. The van der Waals surface area contributed by atoms with Crippen LogP contribution in [0.5, 0.6) is 0 Å². The summed E-state index contributed by atoms with van der Waals surface area (Å²) >= 11 is 0. The zero-order chi connectivity index (χ0) is 59.2. The standard InChI is InChI=1S/C76H136O6/c1-4-7-10-13-16-19-22-25-28-29-30-31-32-33-34-35-36-37-38-39-40-41-42-43-44-45-46-47-49-51-54-57-60-63-66-69-75(78)81-72-73(71-80-74(77)68-65-62-59-56-53-50-27-24-21-18-15-12-9-6-3)82-76(79)70-67-64-61-58-55-52-48-26-23-20-17-14-11-8-5-2/h8,11,17,20,22,25-26,29-30,48,55,58,73H,4-7,9-10,12-16,18-19,21,23-24,27-28,31-47,49-54,56-57,59-72H2,1-3H3/b11-8-,20-17-,25-22-,30-29-,48-26-,58-55-. The Morgan fingerprint density at radius 3 is 0.768 bits per heavy atom. The summed E-state index contributed by atoms with van der Waals surface area (Å²) in [6.45, 7) is 6.53. The molecule has 0 aliphatic heterocycles. The van der Waals surface area contributed by atoms with Gasteiger partial charge in [0.2, 0.25) is 0 Å². The molecule has 82 heavy (non-hydrogen) atoms. The number of hydrogen-bond donors (Lipinski definition) is 0. The van der Waals surface area contributed by atoms with Gasteiger partial charge in [-0.15, -0.1) is 0 Å². The fourth-order valence-corrected chi connectivity index (χ4v) is 10.6. The molecule has 0 saturated carbocycles. The number of rotatable bonds is 66. The molecule has 0 heterocycles.